The van der Waals surface area contributed by atoms with E-state index in [4.69, 9.17) is 0 Å². The van der Waals surface area contributed by atoms with E-state index in [1.54, 1.807) is 0 Å². The topological polar surface area (TPSA) is 113 Å². The van der Waals surface area contributed by atoms with Gasteiger partial charge in [0.1, 0.15) is 11.2 Å². The molecule has 9 nitrogen and oxygen atoms in total. The predicted molar refractivity (Wildman–Crippen MR) is 106 cm³/mol. The molecule has 1 aliphatic rings. The van der Waals surface area contributed by atoms with Crippen LogP contribution >= 0.6 is 0 Å². The van der Waals surface area contributed by atoms with Crippen molar-refractivity contribution >= 4 is 21.5 Å². The second-order valence-electron chi connectivity index (χ2n) is 7.39. The number of aliphatic hydroxyl groups excluding tert-OH is 1. The number of aliphatic hydroxyl groups is 1. The first-order valence-corrected chi connectivity index (χ1v) is 11.3. The number of alkyl halides is 3. The maximum Gasteiger partial charge on any atom is 0.433 e. The van der Waals surface area contributed by atoms with E-state index in [9.17, 15) is 31.1 Å². The van der Waals surface area contributed by atoms with Crippen molar-refractivity contribution in [1.82, 2.24) is 23.9 Å². The summed E-state index contributed by atoms with van der Waals surface area (Å²) >= 11 is 0. The largest absolute Gasteiger partial charge is 0.433 e. The Morgan fingerprint density at radius 2 is 2.03 bits per heavy atom. The highest BCUT2D eigenvalue weighted by atomic mass is 32.2. The first-order chi connectivity index (χ1) is 14.9. The molecule has 3 aromatic rings. The van der Waals surface area contributed by atoms with Crippen molar-refractivity contribution in [2.24, 2.45) is 0 Å². The molecule has 0 amide bonds. The normalized spacial score (nSPS) is 20.6. The van der Waals surface area contributed by atoms with Crippen LogP contribution in [0.1, 0.15) is 12.1 Å². The van der Waals surface area contributed by atoms with Crippen LogP contribution in [0, 0.1) is 5.82 Å². The van der Waals surface area contributed by atoms with Crippen molar-refractivity contribution in [2.45, 2.75) is 24.7 Å². The van der Waals surface area contributed by atoms with Crippen LogP contribution in [0.15, 0.2) is 30.5 Å². The van der Waals surface area contributed by atoms with Gasteiger partial charge in [-0.25, -0.2) is 27.3 Å². The number of sulfonamides is 1. The van der Waals surface area contributed by atoms with Gasteiger partial charge >= 0.3 is 6.18 Å². The van der Waals surface area contributed by atoms with Crippen LogP contribution in [0.4, 0.5) is 23.5 Å². The van der Waals surface area contributed by atoms with E-state index in [1.165, 1.54) is 6.07 Å². The second kappa shape index (κ2) is 7.94. The molecule has 0 aromatic carbocycles. The Kier molecular flexibility index (Phi) is 5.55. The molecular formula is C18H18F4N6O3S. The summed E-state index contributed by atoms with van der Waals surface area (Å²) in [7, 11) is -3.45. The summed E-state index contributed by atoms with van der Waals surface area (Å²) in [5, 5.41) is 17.3. The molecule has 0 radical (unpaired) electrons. The van der Waals surface area contributed by atoms with Gasteiger partial charge in [0.25, 0.3) is 0 Å². The molecule has 32 heavy (non-hydrogen) atoms. The summed E-state index contributed by atoms with van der Waals surface area (Å²) in [6, 6.07) is 3.70. The van der Waals surface area contributed by atoms with Gasteiger partial charge in [-0.2, -0.15) is 17.5 Å². The molecule has 2 atom stereocenters. The highest BCUT2D eigenvalue weighted by Crippen LogP contribution is 2.30. The van der Waals surface area contributed by atoms with Crippen molar-refractivity contribution in [3.05, 3.63) is 42.0 Å². The number of anilines is 1. The fraction of sp³-hybridized carbons (Fsp3) is 0.389. The number of hydrogen-bond donors (Lipinski definition) is 2. The van der Waals surface area contributed by atoms with Crippen LogP contribution in [0.25, 0.3) is 16.9 Å². The highest BCUT2D eigenvalue weighted by Gasteiger charge is 2.34. The molecule has 0 unspecified atom stereocenters. The van der Waals surface area contributed by atoms with Crippen molar-refractivity contribution in [2.75, 3.05) is 24.7 Å². The molecule has 0 saturated carbocycles. The monoisotopic (exact) mass is 474 g/mol. The van der Waals surface area contributed by atoms with E-state index in [-0.39, 0.29) is 42.4 Å². The van der Waals surface area contributed by atoms with Crippen molar-refractivity contribution < 1.29 is 31.1 Å². The fourth-order valence-corrected chi connectivity index (χ4v) is 4.34. The van der Waals surface area contributed by atoms with Gasteiger partial charge in [-0.15, -0.1) is 5.10 Å². The number of piperidine rings is 1. The van der Waals surface area contributed by atoms with Crippen molar-refractivity contribution in [3.63, 3.8) is 0 Å². The van der Waals surface area contributed by atoms with Crippen molar-refractivity contribution in [3.8, 4) is 11.4 Å². The Hall–Kier alpha value is -2.84. The van der Waals surface area contributed by atoms with Crippen LogP contribution in [0.3, 0.4) is 0 Å². The number of rotatable bonds is 4. The minimum absolute atomic E-state index is 0.0125. The average molecular weight is 474 g/mol. The Balaban J connectivity index is 1.64. The van der Waals surface area contributed by atoms with Gasteiger partial charge in [0.15, 0.2) is 5.82 Å². The highest BCUT2D eigenvalue weighted by molar-refractivity contribution is 7.88. The lowest BCUT2D eigenvalue weighted by Gasteiger charge is -2.34. The predicted octanol–water partition coefficient (Wildman–Crippen LogP) is 1.76. The third kappa shape index (κ3) is 4.38. The number of nitrogens with one attached hydrogen (secondary N) is 1. The first kappa shape index (κ1) is 22.4. The summed E-state index contributed by atoms with van der Waals surface area (Å²) < 4.78 is 79.0. The molecule has 172 valence electrons. The zero-order valence-corrected chi connectivity index (χ0v) is 17.4. The molecule has 14 heteroatoms. The molecule has 0 spiro atoms. The van der Waals surface area contributed by atoms with Crippen molar-refractivity contribution in [1.29, 1.82) is 0 Å². The van der Waals surface area contributed by atoms with Gasteiger partial charge in [0.05, 0.1) is 36.0 Å². The van der Waals surface area contributed by atoms with Gasteiger partial charge in [0.2, 0.25) is 16.0 Å². The zero-order valence-electron chi connectivity index (χ0n) is 16.6. The zero-order chi connectivity index (χ0) is 23.3. The molecule has 2 N–H and O–H groups in total. The number of β-amino-alcohol motifs (C(OH)–C–C–N with tert-alkyl or cyclic N) is 1. The van der Waals surface area contributed by atoms with Gasteiger partial charge in [0, 0.05) is 19.2 Å². The summed E-state index contributed by atoms with van der Waals surface area (Å²) in [5.41, 5.74) is -1.35. The third-order valence-corrected chi connectivity index (χ3v) is 6.37. The molecule has 3 aromatic heterocycles. The third-order valence-electron chi connectivity index (χ3n) is 5.10. The molecule has 1 aliphatic heterocycles. The number of fused-ring (bicyclic) bond motifs is 1. The summed E-state index contributed by atoms with van der Waals surface area (Å²) in [4.78, 5) is 7.57. The van der Waals surface area contributed by atoms with Gasteiger partial charge in [-0.05, 0) is 18.6 Å². The van der Waals surface area contributed by atoms with Gasteiger partial charge in [-0.3, -0.25) is 0 Å². The van der Waals surface area contributed by atoms with Gasteiger partial charge < -0.3 is 10.4 Å². The molecule has 4 heterocycles. The van der Waals surface area contributed by atoms with E-state index < -0.39 is 39.9 Å². The molecule has 1 fully saturated rings. The average Bonchev–Trinajstić information content (AvgIpc) is 3.04. The maximum atomic E-state index is 14.4. The SMILES string of the molecule is CS(=O)(=O)N1CC[C@@H](Nc2ncc3c(F)cc(-c4cccc(C(F)(F)F)n4)n3n2)[C@H](O)C1. The number of aromatic nitrogens is 4. The molecular weight excluding hydrogens is 456 g/mol. The van der Waals surface area contributed by atoms with Gasteiger partial charge in [-0.1, -0.05) is 6.07 Å². The second-order valence-corrected chi connectivity index (χ2v) is 9.37. The summed E-state index contributed by atoms with van der Waals surface area (Å²) in [6.45, 7) is 0.0592. The number of nitrogens with zero attached hydrogens (tertiary/aromatic N) is 5. The lowest BCUT2D eigenvalue weighted by Crippen LogP contribution is -2.51. The molecule has 1 saturated heterocycles. The molecule has 4 rings (SSSR count). The van der Waals surface area contributed by atoms with E-state index >= 15 is 0 Å². The fourth-order valence-electron chi connectivity index (χ4n) is 3.47. The Labute approximate surface area is 179 Å². The van der Waals surface area contributed by atoms with E-state index in [0.717, 1.165) is 39.5 Å². The minimum atomic E-state index is -4.67. The minimum Gasteiger partial charge on any atom is -0.390 e. The summed E-state index contributed by atoms with van der Waals surface area (Å²) in [6.07, 6.45) is -3.25. The Bertz CT molecular complexity index is 1260. The number of pyridine rings is 1. The number of hydrogen-bond acceptors (Lipinski definition) is 7. The lowest BCUT2D eigenvalue weighted by atomic mass is 10.0. The lowest BCUT2D eigenvalue weighted by molar-refractivity contribution is -0.141. The Morgan fingerprint density at radius 3 is 2.69 bits per heavy atom. The van der Waals surface area contributed by atoms with Crippen LogP contribution < -0.4 is 5.32 Å². The van der Waals surface area contributed by atoms with Crippen LogP contribution in [0.2, 0.25) is 0 Å². The van der Waals surface area contributed by atoms with E-state index in [1.807, 2.05) is 0 Å². The van der Waals surface area contributed by atoms with Crippen LogP contribution in [-0.2, 0) is 16.2 Å². The van der Waals surface area contributed by atoms with E-state index in [2.05, 4.69) is 20.4 Å². The Morgan fingerprint density at radius 1 is 1.28 bits per heavy atom. The standard InChI is InChI=1S/C18H18F4N6O3S/c1-32(30,31)27-6-5-12(15(29)9-27)25-17-23-8-14-10(19)7-13(28(14)26-17)11-3-2-4-16(24-11)18(20,21)22/h2-4,7-8,12,15,29H,5-6,9H2,1H3,(H,25,26)/t12-,15-/m1/s1. The van der Waals surface area contributed by atoms with Crippen LogP contribution in [-0.4, -0.2) is 68.9 Å². The first-order valence-electron chi connectivity index (χ1n) is 9.42. The molecule has 0 aliphatic carbocycles. The smallest absolute Gasteiger partial charge is 0.390 e. The quantitative estimate of drug-likeness (QED) is 0.554. The summed E-state index contributed by atoms with van der Waals surface area (Å²) in [5.74, 6) is -0.759. The van der Waals surface area contributed by atoms with E-state index in [0.29, 0.717) is 0 Å². The van der Waals surface area contributed by atoms with Crippen LogP contribution in [0.5, 0.6) is 0 Å². The molecule has 0 bridgehead atoms. The number of halogens is 4. The maximum absolute atomic E-state index is 14.4.